The number of nitrogens with two attached hydrogens (primary N) is 1. The van der Waals surface area contributed by atoms with E-state index in [0.717, 1.165) is 11.5 Å². The van der Waals surface area contributed by atoms with Crippen molar-refractivity contribution in [1.82, 2.24) is 9.36 Å². The fourth-order valence-corrected chi connectivity index (χ4v) is 0.880. The van der Waals surface area contributed by atoms with Gasteiger partial charge in [0.15, 0.2) is 0 Å². The highest BCUT2D eigenvalue weighted by atomic mass is 32.1. The van der Waals surface area contributed by atoms with Crippen molar-refractivity contribution in [2.75, 3.05) is 26.1 Å². The van der Waals surface area contributed by atoms with Crippen LogP contribution in [0.3, 0.4) is 0 Å². The molecule has 0 fully saturated rings. The fraction of sp³-hybridized carbons (Fsp3) is 0.600. The van der Waals surface area contributed by atoms with Crippen LogP contribution >= 0.6 is 11.5 Å². The second-order valence-electron chi connectivity index (χ2n) is 1.76. The highest BCUT2D eigenvalue weighted by Gasteiger charge is 1.99. The summed E-state index contributed by atoms with van der Waals surface area (Å²) in [5, 5.41) is 0.414. The minimum Gasteiger partial charge on any atom is -0.460 e. The Morgan fingerprint density at radius 1 is 1.55 bits per heavy atom. The number of methoxy groups -OCH3 is 1. The van der Waals surface area contributed by atoms with Gasteiger partial charge in [-0.2, -0.15) is 4.98 Å². The lowest BCUT2D eigenvalue weighted by Gasteiger charge is -1.97. The molecule has 0 radical (unpaired) electrons. The standard InChI is InChI=1S/C5H9N3O2S/c1-9-2-3-10-5-7-4(6)11-8-5/h2-3H2,1H3,(H2,6,7,8). The first kappa shape index (κ1) is 8.22. The van der Waals surface area contributed by atoms with Crippen LogP contribution in [0.15, 0.2) is 0 Å². The van der Waals surface area contributed by atoms with E-state index >= 15 is 0 Å². The van der Waals surface area contributed by atoms with Gasteiger partial charge in [-0.3, -0.25) is 0 Å². The summed E-state index contributed by atoms with van der Waals surface area (Å²) in [6, 6.07) is 0.324. The van der Waals surface area contributed by atoms with Crippen molar-refractivity contribution in [3.63, 3.8) is 0 Å². The van der Waals surface area contributed by atoms with Gasteiger partial charge in [-0.25, -0.2) is 0 Å². The molecule has 1 rings (SSSR count). The molecule has 0 amide bonds. The molecule has 2 N–H and O–H groups in total. The van der Waals surface area contributed by atoms with Crippen molar-refractivity contribution in [3.8, 4) is 6.01 Å². The van der Waals surface area contributed by atoms with Gasteiger partial charge in [-0.15, -0.1) is 4.37 Å². The SMILES string of the molecule is COCCOc1nsc(N)n1. The van der Waals surface area contributed by atoms with Crippen LogP contribution < -0.4 is 10.5 Å². The van der Waals surface area contributed by atoms with Gasteiger partial charge in [-0.1, -0.05) is 0 Å². The van der Waals surface area contributed by atoms with E-state index in [4.69, 9.17) is 15.2 Å². The van der Waals surface area contributed by atoms with Crippen molar-refractivity contribution in [2.45, 2.75) is 0 Å². The Bertz CT molecular complexity index is 215. The number of nitrogens with zero attached hydrogens (tertiary/aromatic N) is 2. The Labute approximate surface area is 68.3 Å². The molecule has 62 valence electrons. The molecule has 1 aromatic heterocycles. The lowest BCUT2D eigenvalue weighted by molar-refractivity contribution is 0.141. The number of rotatable bonds is 4. The van der Waals surface area contributed by atoms with Crippen LogP contribution in [0.25, 0.3) is 0 Å². The summed E-state index contributed by atoms with van der Waals surface area (Å²) in [5.41, 5.74) is 5.32. The number of nitrogen functional groups attached to an aromatic ring is 1. The molecule has 0 aliphatic carbocycles. The zero-order chi connectivity index (χ0) is 8.10. The zero-order valence-corrected chi connectivity index (χ0v) is 6.93. The third kappa shape index (κ3) is 2.69. The average Bonchev–Trinajstić information content (AvgIpc) is 2.37. The molecule has 0 aromatic carbocycles. The predicted octanol–water partition coefficient (Wildman–Crippen LogP) is 0.146. The highest BCUT2D eigenvalue weighted by molar-refractivity contribution is 7.09. The summed E-state index contributed by atoms with van der Waals surface area (Å²) in [6.45, 7) is 0.978. The zero-order valence-electron chi connectivity index (χ0n) is 6.11. The van der Waals surface area contributed by atoms with E-state index in [9.17, 15) is 0 Å². The smallest absolute Gasteiger partial charge is 0.330 e. The molecule has 0 saturated carbocycles. The van der Waals surface area contributed by atoms with E-state index < -0.39 is 0 Å². The summed E-state index contributed by atoms with van der Waals surface area (Å²) in [5.74, 6) is 0. The van der Waals surface area contributed by atoms with Gasteiger partial charge < -0.3 is 15.2 Å². The molecule has 0 aliphatic rings. The third-order valence-electron chi connectivity index (χ3n) is 0.942. The summed E-state index contributed by atoms with van der Waals surface area (Å²) in [6.07, 6.45) is 0. The quantitative estimate of drug-likeness (QED) is 0.659. The summed E-state index contributed by atoms with van der Waals surface area (Å²) < 4.78 is 13.6. The first-order valence-corrected chi connectivity index (χ1v) is 3.81. The molecule has 11 heavy (non-hydrogen) atoms. The maximum absolute atomic E-state index is 5.32. The van der Waals surface area contributed by atoms with Gasteiger partial charge in [0, 0.05) is 18.6 Å². The van der Waals surface area contributed by atoms with Crippen LogP contribution in [0.5, 0.6) is 6.01 Å². The second-order valence-corrected chi connectivity index (χ2v) is 2.54. The lowest BCUT2D eigenvalue weighted by atomic mass is 10.8. The van der Waals surface area contributed by atoms with Crippen molar-refractivity contribution < 1.29 is 9.47 Å². The number of aromatic nitrogens is 2. The molecule has 0 spiro atoms. The normalized spacial score (nSPS) is 9.91. The highest BCUT2D eigenvalue weighted by Crippen LogP contribution is 2.11. The molecule has 0 saturated heterocycles. The lowest BCUT2D eigenvalue weighted by Crippen LogP contribution is -2.05. The molecule has 0 unspecified atom stereocenters. The van der Waals surface area contributed by atoms with Gasteiger partial charge in [0.1, 0.15) is 6.61 Å². The van der Waals surface area contributed by atoms with Crippen molar-refractivity contribution >= 4 is 16.7 Å². The van der Waals surface area contributed by atoms with Crippen molar-refractivity contribution in [1.29, 1.82) is 0 Å². The van der Waals surface area contributed by atoms with Crippen molar-refractivity contribution in [3.05, 3.63) is 0 Å². The second kappa shape index (κ2) is 4.09. The minimum absolute atomic E-state index is 0.324. The molecule has 0 bridgehead atoms. The third-order valence-corrected chi connectivity index (χ3v) is 1.47. The van der Waals surface area contributed by atoms with Crippen LogP contribution in [-0.4, -0.2) is 29.7 Å². The van der Waals surface area contributed by atoms with E-state index in [1.165, 1.54) is 0 Å². The Kier molecular flexibility index (Phi) is 3.06. The summed E-state index contributed by atoms with van der Waals surface area (Å²) in [4.78, 5) is 3.79. The monoisotopic (exact) mass is 175 g/mol. The Morgan fingerprint density at radius 2 is 2.36 bits per heavy atom. The fourth-order valence-electron chi connectivity index (χ4n) is 0.496. The van der Waals surface area contributed by atoms with E-state index in [0.29, 0.717) is 24.4 Å². The number of anilines is 1. The van der Waals surface area contributed by atoms with E-state index in [-0.39, 0.29) is 0 Å². The molecule has 5 nitrogen and oxygen atoms in total. The van der Waals surface area contributed by atoms with Crippen LogP contribution in [0.4, 0.5) is 5.13 Å². The molecule has 0 atom stereocenters. The van der Waals surface area contributed by atoms with Gasteiger partial charge in [-0.05, 0) is 0 Å². The van der Waals surface area contributed by atoms with E-state index in [1.807, 2.05) is 0 Å². The van der Waals surface area contributed by atoms with Gasteiger partial charge in [0.25, 0.3) is 0 Å². The molecule has 0 aliphatic heterocycles. The Hall–Kier alpha value is -0.880. The summed E-state index contributed by atoms with van der Waals surface area (Å²) >= 11 is 1.11. The van der Waals surface area contributed by atoms with Gasteiger partial charge >= 0.3 is 6.01 Å². The first-order valence-electron chi connectivity index (χ1n) is 3.04. The average molecular weight is 175 g/mol. The van der Waals surface area contributed by atoms with E-state index in [1.54, 1.807) is 7.11 Å². The largest absolute Gasteiger partial charge is 0.460 e. The van der Waals surface area contributed by atoms with Crippen LogP contribution in [0, 0.1) is 0 Å². The van der Waals surface area contributed by atoms with Crippen LogP contribution in [0.2, 0.25) is 0 Å². The van der Waals surface area contributed by atoms with Gasteiger partial charge in [0.05, 0.1) is 6.61 Å². The van der Waals surface area contributed by atoms with Gasteiger partial charge in [0.2, 0.25) is 5.13 Å². The maximum Gasteiger partial charge on any atom is 0.330 e. The number of hydrogen-bond donors (Lipinski definition) is 1. The first-order chi connectivity index (χ1) is 5.33. The Morgan fingerprint density at radius 3 is 2.91 bits per heavy atom. The Balaban J connectivity index is 2.27. The maximum atomic E-state index is 5.32. The van der Waals surface area contributed by atoms with Crippen molar-refractivity contribution in [2.24, 2.45) is 0 Å². The molecule has 1 heterocycles. The molecule has 6 heteroatoms. The summed E-state index contributed by atoms with van der Waals surface area (Å²) in [7, 11) is 1.60. The topological polar surface area (TPSA) is 70.3 Å². The predicted molar refractivity (Wildman–Crippen MR) is 41.7 cm³/mol. The van der Waals surface area contributed by atoms with Crippen LogP contribution in [0.1, 0.15) is 0 Å². The number of ether oxygens (including phenoxy) is 2. The molecular formula is C5H9N3O2S. The molecule has 1 aromatic rings. The van der Waals surface area contributed by atoms with E-state index in [2.05, 4.69) is 9.36 Å². The minimum atomic E-state index is 0.324. The van der Waals surface area contributed by atoms with Crippen LogP contribution in [-0.2, 0) is 4.74 Å². The number of hydrogen-bond acceptors (Lipinski definition) is 6. The molecular weight excluding hydrogens is 166 g/mol.